The lowest BCUT2D eigenvalue weighted by Crippen LogP contribution is -1.98. The Morgan fingerprint density at radius 3 is 2.53 bits per heavy atom. The Labute approximate surface area is 89.8 Å². The van der Waals surface area contributed by atoms with E-state index in [0.29, 0.717) is 0 Å². The highest BCUT2D eigenvalue weighted by atomic mass is 14.9. The molecule has 0 aromatic heterocycles. The van der Waals surface area contributed by atoms with Crippen LogP contribution in [0, 0.1) is 0 Å². The molecule has 0 saturated carbocycles. The highest BCUT2D eigenvalue weighted by molar-refractivity contribution is 5.79. The van der Waals surface area contributed by atoms with E-state index in [1.165, 1.54) is 11.8 Å². The van der Waals surface area contributed by atoms with Crippen molar-refractivity contribution in [1.29, 1.82) is 0 Å². The van der Waals surface area contributed by atoms with Gasteiger partial charge in [-0.05, 0) is 17.3 Å². The third-order valence-corrected chi connectivity index (χ3v) is 1.86. The van der Waals surface area contributed by atoms with Gasteiger partial charge in [0.15, 0.2) is 0 Å². The average Bonchev–Trinajstić information content (AvgIpc) is 2.25. The van der Waals surface area contributed by atoms with Gasteiger partial charge >= 0.3 is 0 Å². The molecule has 4 N–H and O–H groups in total. The van der Waals surface area contributed by atoms with Gasteiger partial charge in [-0.3, -0.25) is 0 Å². The van der Waals surface area contributed by atoms with Crippen molar-refractivity contribution < 1.29 is 0 Å². The molecular weight excluding hydrogens is 186 g/mol. The molecule has 0 heterocycles. The lowest BCUT2D eigenvalue weighted by Gasteiger charge is -2.00. The van der Waals surface area contributed by atoms with Crippen molar-refractivity contribution >= 4 is 6.21 Å². The predicted molar refractivity (Wildman–Crippen MR) is 64.2 cm³/mol. The number of hydrogen-bond acceptors (Lipinski definition) is 3. The zero-order valence-corrected chi connectivity index (χ0v) is 8.56. The van der Waals surface area contributed by atoms with Gasteiger partial charge in [-0.1, -0.05) is 36.9 Å². The van der Waals surface area contributed by atoms with Gasteiger partial charge in [0.1, 0.15) is 5.82 Å². The van der Waals surface area contributed by atoms with Crippen molar-refractivity contribution in [1.82, 2.24) is 0 Å². The molecule has 0 amide bonds. The Morgan fingerprint density at radius 1 is 1.33 bits per heavy atom. The number of benzene rings is 1. The average molecular weight is 201 g/mol. The van der Waals surface area contributed by atoms with Crippen molar-refractivity contribution in [2.24, 2.45) is 16.5 Å². The molecule has 0 aliphatic rings. The highest BCUT2D eigenvalue weighted by Gasteiger charge is 1.95. The molecule has 0 aliphatic carbocycles. The molecule has 0 fully saturated rings. The quantitative estimate of drug-likeness (QED) is 0.726. The Hall–Kier alpha value is -2.03. The molecule has 0 atom stereocenters. The predicted octanol–water partition coefficient (Wildman–Crippen LogP) is 1.57. The number of hydrogen-bond donors (Lipinski definition) is 2. The Morgan fingerprint density at radius 2 is 2.00 bits per heavy atom. The molecule has 0 spiro atoms. The van der Waals surface area contributed by atoms with Crippen molar-refractivity contribution in [3.63, 3.8) is 0 Å². The largest absolute Gasteiger partial charge is 0.404 e. The van der Waals surface area contributed by atoms with Crippen LogP contribution in [0.15, 0.2) is 59.5 Å². The first kappa shape index (κ1) is 11.0. The lowest BCUT2D eigenvalue weighted by atomic mass is 10.1. The molecule has 0 unspecified atom stereocenters. The smallest absolute Gasteiger partial charge is 0.116 e. The van der Waals surface area contributed by atoms with E-state index in [9.17, 15) is 0 Å². The normalized spacial score (nSPS) is 11.9. The lowest BCUT2D eigenvalue weighted by molar-refractivity contribution is 1.20. The van der Waals surface area contributed by atoms with Crippen LogP contribution in [0.25, 0.3) is 0 Å². The molecule has 1 rings (SSSR count). The van der Waals surface area contributed by atoms with Crippen LogP contribution in [-0.4, -0.2) is 6.21 Å². The third kappa shape index (κ3) is 4.13. The topological polar surface area (TPSA) is 64.4 Å². The Bertz CT molecular complexity index is 377. The van der Waals surface area contributed by atoms with E-state index in [1.807, 2.05) is 30.3 Å². The number of rotatable bonds is 4. The second-order valence-corrected chi connectivity index (χ2v) is 3.15. The van der Waals surface area contributed by atoms with Crippen molar-refractivity contribution in [3.05, 3.63) is 60.1 Å². The van der Waals surface area contributed by atoms with Crippen LogP contribution in [0.4, 0.5) is 0 Å². The molecule has 0 radical (unpaired) electrons. The molecule has 3 nitrogen and oxygen atoms in total. The van der Waals surface area contributed by atoms with Crippen LogP contribution >= 0.6 is 0 Å². The van der Waals surface area contributed by atoms with Crippen molar-refractivity contribution in [2.45, 2.75) is 6.42 Å². The SMILES string of the molecule is C=C(N)N=CC(=CN)Cc1ccccc1. The van der Waals surface area contributed by atoms with Gasteiger partial charge in [-0.15, -0.1) is 0 Å². The minimum atomic E-state index is 0.280. The van der Waals surface area contributed by atoms with Gasteiger partial charge in [0.05, 0.1) is 0 Å². The first-order chi connectivity index (χ1) is 7.22. The molecule has 0 saturated heterocycles. The molecular formula is C12H15N3. The van der Waals surface area contributed by atoms with Crippen LogP contribution < -0.4 is 11.5 Å². The fourth-order valence-corrected chi connectivity index (χ4v) is 1.14. The van der Waals surface area contributed by atoms with Crippen LogP contribution in [0.5, 0.6) is 0 Å². The summed E-state index contributed by atoms with van der Waals surface area (Å²) in [7, 11) is 0. The Balaban J connectivity index is 2.68. The van der Waals surface area contributed by atoms with Gasteiger partial charge in [0.25, 0.3) is 0 Å². The summed E-state index contributed by atoms with van der Waals surface area (Å²) >= 11 is 0. The van der Waals surface area contributed by atoms with E-state index in [-0.39, 0.29) is 5.82 Å². The zero-order valence-electron chi connectivity index (χ0n) is 8.56. The van der Waals surface area contributed by atoms with E-state index < -0.39 is 0 Å². The second-order valence-electron chi connectivity index (χ2n) is 3.15. The summed E-state index contributed by atoms with van der Waals surface area (Å²) in [4.78, 5) is 3.90. The summed E-state index contributed by atoms with van der Waals surface area (Å²) in [6.07, 6.45) is 3.91. The fraction of sp³-hybridized carbons (Fsp3) is 0.0833. The Kier molecular flexibility index (Phi) is 4.16. The van der Waals surface area contributed by atoms with E-state index in [2.05, 4.69) is 11.6 Å². The first-order valence-corrected chi connectivity index (χ1v) is 4.65. The highest BCUT2D eigenvalue weighted by Crippen LogP contribution is 2.05. The molecule has 3 heteroatoms. The van der Waals surface area contributed by atoms with Crippen LogP contribution in [-0.2, 0) is 6.42 Å². The zero-order chi connectivity index (χ0) is 11.1. The maximum atomic E-state index is 5.48. The molecule has 15 heavy (non-hydrogen) atoms. The van der Waals surface area contributed by atoms with Gasteiger partial charge < -0.3 is 11.5 Å². The molecule has 1 aromatic carbocycles. The van der Waals surface area contributed by atoms with Gasteiger partial charge in [-0.25, -0.2) is 4.99 Å². The van der Waals surface area contributed by atoms with E-state index in [4.69, 9.17) is 11.5 Å². The fourth-order valence-electron chi connectivity index (χ4n) is 1.14. The maximum Gasteiger partial charge on any atom is 0.116 e. The summed E-state index contributed by atoms with van der Waals surface area (Å²) in [6, 6.07) is 10.0. The minimum absolute atomic E-state index is 0.280. The standard InChI is InChI=1S/C12H15N3/c1-10(14)15-9-12(8-13)7-11-5-3-2-4-6-11/h2-6,8-9H,1,7,13-14H2. The summed E-state index contributed by atoms with van der Waals surface area (Å²) in [5.74, 6) is 0.280. The minimum Gasteiger partial charge on any atom is -0.404 e. The monoisotopic (exact) mass is 201 g/mol. The summed E-state index contributed by atoms with van der Waals surface area (Å²) in [5.41, 5.74) is 12.9. The van der Waals surface area contributed by atoms with E-state index >= 15 is 0 Å². The van der Waals surface area contributed by atoms with Crippen molar-refractivity contribution in [3.8, 4) is 0 Å². The molecule has 0 aliphatic heterocycles. The van der Waals surface area contributed by atoms with E-state index in [0.717, 1.165) is 12.0 Å². The van der Waals surface area contributed by atoms with Gasteiger partial charge in [0, 0.05) is 12.6 Å². The van der Waals surface area contributed by atoms with E-state index in [1.54, 1.807) is 6.21 Å². The van der Waals surface area contributed by atoms with Crippen molar-refractivity contribution in [2.75, 3.05) is 0 Å². The van der Waals surface area contributed by atoms with Gasteiger partial charge in [0.2, 0.25) is 0 Å². The maximum absolute atomic E-state index is 5.48. The molecule has 0 bridgehead atoms. The number of aliphatic imine (C=N–C) groups is 1. The summed E-state index contributed by atoms with van der Waals surface area (Å²) < 4.78 is 0. The number of nitrogens with zero attached hydrogens (tertiary/aromatic N) is 1. The molecule has 1 aromatic rings. The van der Waals surface area contributed by atoms with Crippen LogP contribution in [0.1, 0.15) is 5.56 Å². The number of nitrogens with two attached hydrogens (primary N) is 2. The van der Waals surface area contributed by atoms with Gasteiger partial charge in [-0.2, -0.15) is 0 Å². The molecule has 78 valence electrons. The first-order valence-electron chi connectivity index (χ1n) is 4.65. The third-order valence-electron chi connectivity index (χ3n) is 1.86. The second kappa shape index (κ2) is 5.65. The van der Waals surface area contributed by atoms with Crippen LogP contribution in [0.2, 0.25) is 0 Å². The summed E-state index contributed by atoms with van der Waals surface area (Å²) in [5, 5.41) is 0. The summed E-state index contributed by atoms with van der Waals surface area (Å²) in [6.45, 7) is 3.48. The van der Waals surface area contributed by atoms with Crippen LogP contribution in [0.3, 0.4) is 0 Å². The number of allylic oxidation sites excluding steroid dienone is 1.